The Bertz CT molecular complexity index is 278. The van der Waals surface area contributed by atoms with Crippen LogP contribution in [0.15, 0.2) is 17.5 Å². The number of ether oxygens (including phenoxy) is 1. The Balaban J connectivity index is 1.91. The van der Waals surface area contributed by atoms with Crippen LogP contribution in [0.1, 0.15) is 16.1 Å². The van der Waals surface area contributed by atoms with Gasteiger partial charge in [-0.1, -0.05) is 6.07 Å². The van der Waals surface area contributed by atoms with E-state index in [-0.39, 0.29) is 11.9 Å². The van der Waals surface area contributed by atoms with Crippen molar-refractivity contribution in [2.75, 3.05) is 13.2 Å². The van der Waals surface area contributed by atoms with Crippen LogP contribution in [0.2, 0.25) is 0 Å². The van der Waals surface area contributed by atoms with Crippen LogP contribution < -0.4 is 5.32 Å². The molecule has 1 saturated heterocycles. The molecule has 0 saturated carbocycles. The maximum atomic E-state index is 11.5. The van der Waals surface area contributed by atoms with Gasteiger partial charge in [-0.05, 0) is 17.9 Å². The molecule has 1 N–H and O–H groups in total. The van der Waals surface area contributed by atoms with Crippen molar-refractivity contribution in [2.24, 2.45) is 0 Å². The van der Waals surface area contributed by atoms with E-state index in [1.807, 2.05) is 17.5 Å². The van der Waals surface area contributed by atoms with Gasteiger partial charge in [0.05, 0.1) is 17.5 Å². The number of nitrogens with one attached hydrogen (secondary N) is 1. The Morgan fingerprint density at radius 2 is 2.62 bits per heavy atom. The third-order valence-corrected chi connectivity index (χ3v) is 2.88. The maximum Gasteiger partial charge on any atom is 0.261 e. The predicted octanol–water partition coefficient (Wildman–Crippen LogP) is 1.27. The summed E-state index contributed by atoms with van der Waals surface area (Å²) in [4.78, 5) is 12.3. The van der Waals surface area contributed by atoms with Gasteiger partial charge in [0.1, 0.15) is 0 Å². The van der Waals surface area contributed by atoms with Crippen LogP contribution in [-0.2, 0) is 4.74 Å². The molecule has 0 aliphatic carbocycles. The van der Waals surface area contributed by atoms with E-state index in [2.05, 4.69) is 5.32 Å². The number of hydrogen-bond acceptors (Lipinski definition) is 3. The fourth-order valence-corrected chi connectivity index (χ4v) is 1.94. The first-order valence-electron chi connectivity index (χ1n) is 4.28. The molecule has 0 bridgehead atoms. The van der Waals surface area contributed by atoms with E-state index >= 15 is 0 Å². The molecule has 1 aromatic rings. The molecule has 1 atom stereocenters. The summed E-state index contributed by atoms with van der Waals surface area (Å²) in [6, 6.07) is 3.91. The molecular formula is C9H11NO2S. The van der Waals surface area contributed by atoms with Gasteiger partial charge < -0.3 is 10.1 Å². The summed E-state index contributed by atoms with van der Waals surface area (Å²) in [7, 11) is 0. The minimum absolute atomic E-state index is 0.0190. The van der Waals surface area contributed by atoms with Gasteiger partial charge in [-0.15, -0.1) is 11.3 Å². The molecule has 1 unspecified atom stereocenters. The average molecular weight is 197 g/mol. The van der Waals surface area contributed by atoms with Crippen molar-refractivity contribution in [3.63, 3.8) is 0 Å². The molecule has 1 aliphatic rings. The second kappa shape index (κ2) is 3.89. The Morgan fingerprint density at radius 3 is 3.23 bits per heavy atom. The van der Waals surface area contributed by atoms with Gasteiger partial charge in [-0.3, -0.25) is 4.79 Å². The van der Waals surface area contributed by atoms with Crippen molar-refractivity contribution < 1.29 is 9.53 Å². The molecule has 1 aromatic heterocycles. The molecule has 1 amide bonds. The molecule has 13 heavy (non-hydrogen) atoms. The molecule has 2 heterocycles. The van der Waals surface area contributed by atoms with E-state index in [4.69, 9.17) is 4.74 Å². The van der Waals surface area contributed by atoms with Crippen LogP contribution in [0.3, 0.4) is 0 Å². The van der Waals surface area contributed by atoms with Crippen molar-refractivity contribution in [2.45, 2.75) is 12.5 Å². The second-order valence-electron chi connectivity index (χ2n) is 3.01. The monoisotopic (exact) mass is 197 g/mol. The molecule has 0 aromatic carbocycles. The lowest BCUT2D eigenvalue weighted by Crippen LogP contribution is -2.34. The number of hydrogen-bond donors (Lipinski definition) is 1. The quantitative estimate of drug-likeness (QED) is 0.775. The minimum atomic E-state index is 0.0190. The van der Waals surface area contributed by atoms with Crippen LogP contribution in [0, 0.1) is 0 Å². The van der Waals surface area contributed by atoms with Crippen LogP contribution in [0.4, 0.5) is 0 Å². The predicted molar refractivity (Wildman–Crippen MR) is 51.0 cm³/mol. The highest BCUT2D eigenvalue weighted by atomic mass is 32.1. The van der Waals surface area contributed by atoms with Crippen LogP contribution in [0.25, 0.3) is 0 Å². The van der Waals surface area contributed by atoms with E-state index in [9.17, 15) is 4.79 Å². The lowest BCUT2D eigenvalue weighted by molar-refractivity contribution is 0.0934. The van der Waals surface area contributed by atoms with Crippen molar-refractivity contribution >= 4 is 17.2 Å². The number of thiophene rings is 1. The van der Waals surface area contributed by atoms with Gasteiger partial charge in [0.25, 0.3) is 5.91 Å². The summed E-state index contributed by atoms with van der Waals surface area (Å²) in [5.41, 5.74) is 0. The van der Waals surface area contributed by atoms with E-state index in [1.165, 1.54) is 11.3 Å². The minimum Gasteiger partial charge on any atom is -0.379 e. The van der Waals surface area contributed by atoms with Gasteiger partial charge >= 0.3 is 0 Å². The highest BCUT2D eigenvalue weighted by Crippen LogP contribution is 2.10. The molecule has 1 aliphatic heterocycles. The van der Waals surface area contributed by atoms with Gasteiger partial charge in [0.15, 0.2) is 0 Å². The molecule has 0 radical (unpaired) electrons. The van der Waals surface area contributed by atoms with E-state index in [0.29, 0.717) is 6.61 Å². The van der Waals surface area contributed by atoms with E-state index in [1.54, 1.807) is 0 Å². The number of rotatable bonds is 2. The summed E-state index contributed by atoms with van der Waals surface area (Å²) in [5, 5.41) is 4.83. The molecule has 2 rings (SSSR count). The maximum absolute atomic E-state index is 11.5. The highest BCUT2D eigenvalue weighted by Gasteiger charge is 2.18. The summed E-state index contributed by atoms with van der Waals surface area (Å²) in [6.07, 6.45) is 0.928. The second-order valence-corrected chi connectivity index (χ2v) is 3.96. The van der Waals surface area contributed by atoms with Crippen molar-refractivity contribution in [3.8, 4) is 0 Å². The Labute approximate surface area is 80.7 Å². The number of amides is 1. The molecule has 4 heteroatoms. The SMILES string of the molecule is O=C(NC1CCOC1)c1cccs1. The van der Waals surface area contributed by atoms with Gasteiger partial charge in [-0.2, -0.15) is 0 Å². The van der Waals surface area contributed by atoms with Gasteiger partial charge in [0, 0.05) is 6.61 Å². The summed E-state index contributed by atoms with van der Waals surface area (Å²) in [6.45, 7) is 1.41. The molecule has 70 valence electrons. The van der Waals surface area contributed by atoms with E-state index < -0.39 is 0 Å². The normalized spacial score (nSPS) is 21.7. The Kier molecular flexibility index (Phi) is 2.61. The summed E-state index contributed by atoms with van der Waals surface area (Å²) < 4.78 is 5.16. The zero-order chi connectivity index (χ0) is 9.10. The smallest absolute Gasteiger partial charge is 0.261 e. The van der Waals surface area contributed by atoms with Crippen LogP contribution in [0.5, 0.6) is 0 Å². The fraction of sp³-hybridized carbons (Fsp3) is 0.444. The van der Waals surface area contributed by atoms with E-state index in [0.717, 1.165) is 17.9 Å². The third-order valence-electron chi connectivity index (χ3n) is 2.01. The number of carbonyl (C=O) groups is 1. The van der Waals surface area contributed by atoms with Crippen LogP contribution >= 0.6 is 11.3 Å². The van der Waals surface area contributed by atoms with Crippen LogP contribution in [-0.4, -0.2) is 25.2 Å². The zero-order valence-electron chi connectivity index (χ0n) is 7.16. The molecular weight excluding hydrogens is 186 g/mol. The topological polar surface area (TPSA) is 38.3 Å². The largest absolute Gasteiger partial charge is 0.379 e. The summed E-state index contributed by atoms with van der Waals surface area (Å²) in [5.74, 6) is 0.0190. The standard InChI is InChI=1S/C9H11NO2S/c11-9(8-2-1-5-13-8)10-7-3-4-12-6-7/h1-2,5,7H,3-4,6H2,(H,10,11). The lowest BCUT2D eigenvalue weighted by Gasteiger charge is -2.08. The molecule has 0 spiro atoms. The van der Waals surface area contributed by atoms with Gasteiger partial charge in [0.2, 0.25) is 0 Å². The third kappa shape index (κ3) is 2.08. The zero-order valence-corrected chi connectivity index (χ0v) is 7.97. The first-order chi connectivity index (χ1) is 6.36. The molecule has 1 fully saturated rings. The van der Waals surface area contributed by atoms with Crippen molar-refractivity contribution in [1.29, 1.82) is 0 Å². The first-order valence-corrected chi connectivity index (χ1v) is 5.16. The number of carbonyl (C=O) groups excluding carboxylic acids is 1. The summed E-state index contributed by atoms with van der Waals surface area (Å²) >= 11 is 1.46. The Hall–Kier alpha value is -0.870. The molecule has 3 nitrogen and oxygen atoms in total. The van der Waals surface area contributed by atoms with Crippen molar-refractivity contribution in [1.82, 2.24) is 5.32 Å². The first kappa shape index (κ1) is 8.72. The lowest BCUT2D eigenvalue weighted by atomic mass is 10.2. The van der Waals surface area contributed by atoms with Gasteiger partial charge in [-0.25, -0.2) is 0 Å². The Morgan fingerprint density at radius 1 is 1.69 bits per heavy atom. The van der Waals surface area contributed by atoms with Crippen molar-refractivity contribution in [3.05, 3.63) is 22.4 Å². The highest BCUT2D eigenvalue weighted by molar-refractivity contribution is 7.12. The fourth-order valence-electron chi connectivity index (χ4n) is 1.31. The average Bonchev–Trinajstić information content (AvgIpc) is 2.74.